The predicted molar refractivity (Wildman–Crippen MR) is 45.2 cm³/mol. The first kappa shape index (κ1) is 10.2. The van der Waals surface area contributed by atoms with Gasteiger partial charge in [0.1, 0.15) is 0 Å². The average molecular weight is 156 g/mol. The van der Waals surface area contributed by atoms with Crippen molar-refractivity contribution in [2.24, 2.45) is 5.92 Å². The first-order valence-corrected chi connectivity index (χ1v) is 3.89. The van der Waals surface area contributed by atoms with Gasteiger partial charge in [-0.25, -0.2) is 0 Å². The Bertz CT molecular complexity index is 157. The first-order valence-electron chi connectivity index (χ1n) is 3.89. The fourth-order valence-electron chi connectivity index (χ4n) is 0.855. The lowest BCUT2D eigenvalue weighted by Gasteiger charge is -2.07. The molecular formula is C9H16O2. The maximum Gasteiger partial charge on any atom is 0.161 e. The zero-order valence-electron chi connectivity index (χ0n) is 7.68. The van der Waals surface area contributed by atoms with E-state index in [1.807, 2.05) is 20.8 Å². The van der Waals surface area contributed by atoms with E-state index >= 15 is 0 Å². The van der Waals surface area contributed by atoms with Crippen LogP contribution in [0.3, 0.4) is 0 Å². The summed E-state index contributed by atoms with van der Waals surface area (Å²) in [5.41, 5.74) is 0.773. The number of Topliss-reactive ketones (excluding diaryl/α,β-unsaturated/α-hetero) is 1. The van der Waals surface area contributed by atoms with Crippen LogP contribution in [0.25, 0.3) is 0 Å². The molecule has 0 spiro atoms. The summed E-state index contributed by atoms with van der Waals surface area (Å²) in [5, 5.41) is 0. The van der Waals surface area contributed by atoms with E-state index in [-0.39, 0.29) is 11.7 Å². The highest BCUT2D eigenvalue weighted by Crippen LogP contribution is 2.11. The zero-order chi connectivity index (χ0) is 8.85. The molecule has 0 aliphatic carbocycles. The van der Waals surface area contributed by atoms with Gasteiger partial charge in [0.2, 0.25) is 0 Å². The molecule has 0 radical (unpaired) electrons. The normalized spacial score (nSPS) is 11.9. The second-order valence-electron chi connectivity index (χ2n) is 2.74. The van der Waals surface area contributed by atoms with Crippen LogP contribution < -0.4 is 0 Å². The maximum absolute atomic E-state index is 11.2. The number of rotatable bonds is 4. The second-order valence-corrected chi connectivity index (χ2v) is 2.74. The highest BCUT2D eigenvalue weighted by Gasteiger charge is 2.10. The minimum atomic E-state index is 0.168. The van der Waals surface area contributed by atoms with E-state index in [1.54, 1.807) is 7.11 Å². The topological polar surface area (TPSA) is 26.3 Å². The molecule has 0 fully saturated rings. The van der Waals surface area contributed by atoms with Crippen molar-refractivity contribution in [3.63, 3.8) is 0 Å². The molecule has 0 aromatic carbocycles. The molecule has 0 rings (SSSR count). The molecule has 0 saturated carbocycles. The largest absolute Gasteiger partial charge is 0.504 e. The highest BCUT2D eigenvalue weighted by atomic mass is 16.5. The van der Waals surface area contributed by atoms with Gasteiger partial charge in [-0.2, -0.15) is 0 Å². The lowest BCUT2D eigenvalue weighted by atomic mass is 9.99. The second kappa shape index (κ2) is 4.94. The summed E-state index contributed by atoms with van der Waals surface area (Å²) in [7, 11) is 1.56. The van der Waals surface area contributed by atoms with Crippen molar-refractivity contribution < 1.29 is 9.53 Å². The van der Waals surface area contributed by atoms with Crippen molar-refractivity contribution in [2.45, 2.75) is 27.2 Å². The number of hydrogen-bond donors (Lipinski definition) is 0. The lowest BCUT2D eigenvalue weighted by molar-refractivity contribution is -0.115. The summed E-state index contributed by atoms with van der Waals surface area (Å²) >= 11 is 0. The van der Waals surface area contributed by atoms with Gasteiger partial charge in [-0.05, 0) is 5.92 Å². The van der Waals surface area contributed by atoms with Crippen molar-refractivity contribution in [1.82, 2.24) is 0 Å². The molecule has 2 nitrogen and oxygen atoms in total. The quantitative estimate of drug-likeness (QED) is 0.460. The van der Waals surface area contributed by atoms with Crippen molar-refractivity contribution in [3.8, 4) is 0 Å². The molecular weight excluding hydrogens is 140 g/mol. The van der Waals surface area contributed by atoms with Crippen LogP contribution in [-0.2, 0) is 9.53 Å². The number of ether oxygens (including phenoxy) is 1. The number of hydrogen-bond acceptors (Lipinski definition) is 2. The number of ketones is 1. The third-order valence-electron chi connectivity index (χ3n) is 1.51. The van der Waals surface area contributed by atoms with E-state index in [1.165, 1.54) is 6.26 Å². The minimum Gasteiger partial charge on any atom is -0.504 e. The molecule has 0 bridgehead atoms. The van der Waals surface area contributed by atoms with Crippen molar-refractivity contribution in [3.05, 3.63) is 11.8 Å². The van der Waals surface area contributed by atoms with Gasteiger partial charge >= 0.3 is 0 Å². The molecule has 11 heavy (non-hydrogen) atoms. The third kappa shape index (κ3) is 3.21. The molecule has 0 aliphatic rings. The molecule has 0 aromatic heterocycles. The van der Waals surface area contributed by atoms with E-state index in [2.05, 4.69) is 0 Å². The van der Waals surface area contributed by atoms with Gasteiger partial charge in [0.15, 0.2) is 5.78 Å². The minimum absolute atomic E-state index is 0.168. The van der Waals surface area contributed by atoms with Crippen LogP contribution in [0.5, 0.6) is 0 Å². The van der Waals surface area contributed by atoms with E-state index in [0.29, 0.717) is 6.42 Å². The molecule has 0 saturated heterocycles. The van der Waals surface area contributed by atoms with Crippen molar-refractivity contribution in [1.29, 1.82) is 0 Å². The summed E-state index contributed by atoms with van der Waals surface area (Å²) in [6, 6.07) is 0. The zero-order valence-corrected chi connectivity index (χ0v) is 7.68. The van der Waals surface area contributed by atoms with Gasteiger partial charge in [0, 0.05) is 12.0 Å². The van der Waals surface area contributed by atoms with Gasteiger partial charge in [-0.3, -0.25) is 4.79 Å². The Morgan fingerprint density at radius 3 is 2.36 bits per heavy atom. The predicted octanol–water partition coefficient (Wildman–Crippen LogP) is 2.15. The van der Waals surface area contributed by atoms with Gasteiger partial charge in [0.25, 0.3) is 0 Å². The Morgan fingerprint density at radius 2 is 2.09 bits per heavy atom. The van der Waals surface area contributed by atoms with Gasteiger partial charge in [-0.15, -0.1) is 0 Å². The fraction of sp³-hybridized carbons (Fsp3) is 0.667. The van der Waals surface area contributed by atoms with E-state index < -0.39 is 0 Å². The summed E-state index contributed by atoms with van der Waals surface area (Å²) in [6.07, 6.45) is 2.09. The van der Waals surface area contributed by atoms with E-state index in [9.17, 15) is 4.79 Å². The molecule has 0 atom stereocenters. The van der Waals surface area contributed by atoms with Crippen LogP contribution in [-0.4, -0.2) is 12.9 Å². The number of carbonyl (C=O) groups is 1. The highest BCUT2D eigenvalue weighted by molar-refractivity contribution is 5.95. The first-order chi connectivity index (χ1) is 5.13. The Kier molecular flexibility index (Phi) is 4.59. The third-order valence-corrected chi connectivity index (χ3v) is 1.51. The standard InChI is InChI=1S/C9H16O2/c1-5-9(10)8(6-11-4)7(2)3/h6-7H,5H2,1-4H3/b8-6+. The monoisotopic (exact) mass is 156 g/mol. The van der Waals surface area contributed by atoms with Gasteiger partial charge in [-0.1, -0.05) is 20.8 Å². The Hall–Kier alpha value is -0.790. The molecule has 64 valence electrons. The maximum atomic E-state index is 11.2. The van der Waals surface area contributed by atoms with Crippen molar-refractivity contribution in [2.75, 3.05) is 7.11 Å². The molecule has 2 heteroatoms. The summed E-state index contributed by atoms with van der Waals surface area (Å²) < 4.78 is 4.81. The molecule has 0 N–H and O–H groups in total. The lowest BCUT2D eigenvalue weighted by Crippen LogP contribution is -2.07. The molecule has 0 heterocycles. The van der Waals surface area contributed by atoms with E-state index in [0.717, 1.165) is 5.57 Å². The SMILES string of the molecule is CCC(=O)/C(=C/OC)C(C)C. The number of carbonyl (C=O) groups excluding carboxylic acids is 1. The summed E-state index contributed by atoms with van der Waals surface area (Å²) in [5.74, 6) is 0.421. The van der Waals surface area contributed by atoms with Crippen LogP contribution in [0.2, 0.25) is 0 Å². The number of methoxy groups -OCH3 is 1. The summed E-state index contributed by atoms with van der Waals surface area (Å²) in [4.78, 5) is 11.2. The molecule has 0 amide bonds. The fourth-order valence-corrected chi connectivity index (χ4v) is 0.855. The van der Waals surface area contributed by atoms with Crippen LogP contribution in [0.1, 0.15) is 27.2 Å². The average Bonchev–Trinajstić information content (AvgIpc) is 1.98. The molecule has 0 unspecified atom stereocenters. The van der Waals surface area contributed by atoms with Crippen LogP contribution >= 0.6 is 0 Å². The van der Waals surface area contributed by atoms with Gasteiger partial charge < -0.3 is 4.74 Å². The Morgan fingerprint density at radius 1 is 1.55 bits per heavy atom. The number of allylic oxidation sites excluding steroid dienone is 1. The molecule has 0 aliphatic heterocycles. The Labute approximate surface area is 68.2 Å². The summed E-state index contributed by atoms with van der Waals surface area (Å²) in [6.45, 7) is 5.82. The van der Waals surface area contributed by atoms with Gasteiger partial charge in [0.05, 0.1) is 13.4 Å². The van der Waals surface area contributed by atoms with Crippen LogP contribution in [0.4, 0.5) is 0 Å². The molecule has 0 aromatic rings. The van der Waals surface area contributed by atoms with Crippen molar-refractivity contribution >= 4 is 5.78 Å². The van der Waals surface area contributed by atoms with E-state index in [4.69, 9.17) is 4.74 Å². The smallest absolute Gasteiger partial charge is 0.161 e. The van der Waals surface area contributed by atoms with Crippen LogP contribution in [0.15, 0.2) is 11.8 Å². The Balaban J connectivity index is 4.34. The van der Waals surface area contributed by atoms with Crippen LogP contribution in [0, 0.1) is 5.92 Å².